The Balaban J connectivity index is 1.52. The Morgan fingerprint density at radius 1 is 1.11 bits per heavy atom. The molecule has 142 valence electrons. The van der Waals surface area contributed by atoms with Gasteiger partial charge in [0.25, 0.3) is 5.91 Å². The number of aromatic nitrogens is 1. The van der Waals surface area contributed by atoms with Crippen LogP contribution in [0.4, 0.5) is 5.82 Å². The third-order valence-corrected chi connectivity index (χ3v) is 4.45. The number of ether oxygens (including phenoxy) is 1. The van der Waals surface area contributed by atoms with Crippen LogP contribution < -0.4 is 15.5 Å². The van der Waals surface area contributed by atoms with Crippen molar-refractivity contribution < 1.29 is 14.3 Å². The van der Waals surface area contributed by atoms with E-state index < -0.39 is 0 Å². The maximum absolute atomic E-state index is 12.2. The normalized spacial score (nSPS) is 13.9. The molecule has 3 rings (SSSR count). The fraction of sp³-hybridized carbons (Fsp3) is 0.350. The molecule has 0 radical (unpaired) electrons. The molecule has 0 unspecified atom stereocenters. The van der Waals surface area contributed by atoms with Crippen molar-refractivity contribution in [2.45, 2.75) is 13.5 Å². The molecule has 7 nitrogen and oxygen atoms in total. The van der Waals surface area contributed by atoms with Gasteiger partial charge in [0.1, 0.15) is 5.82 Å². The molecule has 2 aromatic rings. The number of anilines is 1. The number of morpholine rings is 1. The van der Waals surface area contributed by atoms with Crippen molar-refractivity contribution in [3.8, 4) is 0 Å². The Hall–Kier alpha value is -2.93. The van der Waals surface area contributed by atoms with Gasteiger partial charge in [-0.3, -0.25) is 9.59 Å². The molecular weight excluding hydrogens is 344 g/mol. The molecule has 0 saturated carbocycles. The van der Waals surface area contributed by atoms with E-state index in [-0.39, 0.29) is 18.4 Å². The summed E-state index contributed by atoms with van der Waals surface area (Å²) in [6.07, 6.45) is 1.75. The van der Waals surface area contributed by atoms with Crippen molar-refractivity contribution in [1.29, 1.82) is 0 Å². The van der Waals surface area contributed by atoms with Crippen LogP contribution >= 0.6 is 0 Å². The van der Waals surface area contributed by atoms with E-state index in [9.17, 15) is 9.59 Å². The van der Waals surface area contributed by atoms with Crippen molar-refractivity contribution >= 4 is 17.6 Å². The van der Waals surface area contributed by atoms with E-state index in [0.717, 1.165) is 30.0 Å². The Morgan fingerprint density at radius 3 is 2.67 bits per heavy atom. The third-order valence-electron chi connectivity index (χ3n) is 4.45. The Morgan fingerprint density at radius 2 is 1.89 bits per heavy atom. The molecule has 0 atom stereocenters. The van der Waals surface area contributed by atoms with Crippen LogP contribution in [0.3, 0.4) is 0 Å². The van der Waals surface area contributed by atoms with Crippen LogP contribution in [0.25, 0.3) is 0 Å². The summed E-state index contributed by atoms with van der Waals surface area (Å²) in [5.41, 5.74) is 2.39. The minimum atomic E-state index is -0.251. The number of rotatable bonds is 6. The Bertz CT molecular complexity index is 803. The SMILES string of the molecule is Cc1ccccc1C(=O)NCC(=O)NCc1cccnc1N1CCOCC1. The molecule has 1 aromatic heterocycles. The van der Waals surface area contributed by atoms with Gasteiger partial charge < -0.3 is 20.3 Å². The van der Waals surface area contributed by atoms with E-state index in [4.69, 9.17) is 4.74 Å². The van der Waals surface area contributed by atoms with E-state index >= 15 is 0 Å². The molecule has 0 spiro atoms. The van der Waals surface area contributed by atoms with Gasteiger partial charge in [-0.15, -0.1) is 0 Å². The minimum absolute atomic E-state index is 0.0691. The lowest BCUT2D eigenvalue weighted by atomic mass is 10.1. The van der Waals surface area contributed by atoms with Gasteiger partial charge in [-0.25, -0.2) is 4.98 Å². The molecular formula is C20H24N4O3. The number of carbonyl (C=O) groups excluding carboxylic acids is 2. The largest absolute Gasteiger partial charge is 0.378 e. The van der Waals surface area contributed by atoms with Crippen LogP contribution in [0.5, 0.6) is 0 Å². The van der Waals surface area contributed by atoms with E-state index in [0.29, 0.717) is 25.3 Å². The monoisotopic (exact) mass is 368 g/mol. The Labute approximate surface area is 158 Å². The average Bonchev–Trinajstić information content (AvgIpc) is 2.71. The zero-order valence-electron chi connectivity index (χ0n) is 15.4. The third kappa shape index (κ3) is 5.04. The number of hydrogen-bond donors (Lipinski definition) is 2. The molecule has 27 heavy (non-hydrogen) atoms. The number of benzene rings is 1. The summed E-state index contributed by atoms with van der Waals surface area (Å²) in [6.45, 7) is 5.07. The molecule has 1 aliphatic heterocycles. The number of nitrogens with zero attached hydrogens (tertiary/aromatic N) is 2. The first-order valence-corrected chi connectivity index (χ1v) is 9.02. The molecule has 2 amide bonds. The van der Waals surface area contributed by atoms with Crippen LogP contribution in [-0.4, -0.2) is 49.6 Å². The van der Waals surface area contributed by atoms with Gasteiger partial charge in [-0.1, -0.05) is 24.3 Å². The zero-order valence-corrected chi connectivity index (χ0v) is 15.4. The molecule has 2 heterocycles. The summed E-state index contributed by atoms with van der Waals surface area (Å²) >= 11 is 0. The van der Waals surface area contributed by atoms with Crippen molar-refractivity contribution in [3.05, 3.63) is 59.3 Å². The summed E-state index contributed by atoms with van der Waals surface area (Å²) in [7, 11) is 0. The van der Waals surface area contributed by atoms with E-state index in [1.165, 1.54) is 0 Å². The van der Waals surface area contributed by atoms with Crippen LogP contribution in [0, 0.1) is 6.92 Å². The standard InChI is InChI=1S/C20H24N4O3/c1-15-5-2-3-7-17(15)20(26)23-14-18(25)22-13-16-6-4-8-21-19(16)24-9-11-27-12-10-24/h2-8H,9-14H2,1H3,(H,22,25)(H,23,26). The summed E-state index contributed by atoms with van der Waals surface area (Å²) < 4.78 is 5.38. The fourth-order valence-electron chi connectivity index (χ4n) is 2.97. The van der Waals surface area contributed by atoms with Gasteiger partial charge in [-0.2, -0.15) is 0 Å². The molecule has 1 aliphatic rings. The first kappa shape index (κ1) is 18.8. The summed E-state index contributed by atoms with van der Waals surface area (Å²) in [5, 5.41) is 5.51. The smallest absolute Gasteiger partial charge is 0.251 e. The maximum Gasteiger partial charge on any atom is 0.251 e. The minimum Gasteiger partial charge on any atom is -0.378 e. The first-order valence-electron chi connectivity index (χ1n) is 9.02. The van der Waals surface area contributed by atoms with Crippen molar-refractivity contribution in [2.24, 2.45) is 0 Å². The quantitative estimate of drug-likeness (QED) is 0.802. The summed E-state index contributed by atoms with van der Waals surface area (Å²) in [4.78, 5) is 30.9. The molecule has 1 saturated heterocycles. The number of carbonyl (C=O) groups is 2. The second-order valence-corrected chi connectivity index (χ2v) is 6.36. The van der Waals surface area contributed by atoms with Gasteiger partial charge in [0.15, 0.2) is 0 Å². The topological polar surface area (TPSA) is 83.6 Å². The number of nitrogens with one attached hydrogen (secondary N) is 2. The predicted octanol–water partition coefficient (Wildman–Crippen LogP) is 1.27. The highest BCUT2D eigenvalue weighted by Gasteiger charge is 2.16. The highest BCUT2D eigenvalue weighted by molar-refractivity contribution is 5.97. The van der Waals surface area contributed by atoms with Gasteiger partial charge in [0, 0.05) is 37.0 Å². The molecule has 0 aliphatic carbocycles. The second-order valence-electron chi connectivity index (χ2n) is 6.36. The number of pyridine rings is 1. The van der Waals surface area contributed by atoms with Gasteiger partial charge in [0.2, 0.25) is 5.91 Å². The lowest BCUT2D eigenvalue weighted by molar-refractivity contribution is -0.120. The van der Waals surface area contributed by atoms with E-state index in [1.807, 2.05) is 31.2 Å². The molecule has 1 fully saturated rings. The first-order chi connectivity index (χ1) is 13.1. The van der Waals surface area contributed by atoms with Gasteiger partial charge in [0.05, 0.1) is 19.8 Å². The molecule has 7 heteroatoms. The maximum atomic E-state index is 12.2. The van der Waals surface area contributed by atoms with Crippen LogP contribution in [-0.2, 0) is 16.1 Å². The fourth-order valence-corrected chi connectivity index (χ4v) is 2.97. The molecule has 2 N–H and O–H groups in total. The summed E-state index contributed by atoms with van der Waals surface area (Å²) in [5.74, 6) is 0.373. The summed E-state index contributed by atoms with van der Waals surface area (Å²) in [6, 6.07) is 11.1. The van der Waals surface area contributed by atoms with Crippen LogP contribution in [0.1, 0.15) is 21.5 Å². The van der Waals surface area contributed by atoms with Gasteiger partial charge in [-0.05, 0) is 24.6 Å². The van der Waals surface area contributed by atoms with Crippen molar-refractivity contribution in [2.75, 3.05) is 37.7 Å². The molecule has 1 aromatic carbocycles. The second kappa shape index (κ2) is 9.14. The van der Waals surface area contributed by atoms with Crippen LogP contribution in [0.2, 0.25) is 0 Å². The van der Waals surface area contributed by atoms with Gasteiger partial charge >= 0.3 is 0 Å². The van der Waals surface area contributed by atoms with Crippen LogP contribution in [0.15, 0.2) is 42.6 Å². The van der Waals surface area contributed by atoms with E-state index in [2.05, 4.69) is 20.5 Å². The Kier molecular flexibility index (Phi) is 6.38. The highest BCUT2D eigenvalue weighted by Crippen LogP contribution is 2.18. The average molecular weight is 368 g/mol. The van der Waals surface area contributed by atoms with Crippen molar-refractivity contribution in [3.63, 3.8) is 0 Å². The number of hydrogen-bond acceptors (Lipinski definition) is 5. The number of amides is 2. The lowest BCUT2D eigenvalue weighted by Crippen LogP contribution is -2.39. The highest BCUT2D eigenvalue weighted by atomic mass is 16.5. The van der Waals surface area contributed by atoms with E-state index in [1.54, 1.807) is 18.3 Å². The van der Waals surface area contributed by atoms with Crippen molar-refractivity contribution in [1.82, 2.24) is 15.6 Å². The molecule has 0 bridgehead atoms. The zero-order chi connectivity index (χ0) is 19.1. The predicted molar refractivity (Wildman–Crippen MR) is 103 cm³/mol. The number of aryl methyl sites for hydroxylation is 1. The lowest BCUT2D eigenvalue weighted by Gasteiger charge is -2.29.